The van der Waals surface area contributed by atoms with Gasteiger partial charge in [0.2, 0.25) is 5.91 Å². The van der Waals surface area contributed by atoms with Crippen LogP contribution in [0.25, 0.3) is 0 Å². The maximum atomic E-state index is 12.8. The van der Waals surface area contributed by atoms with Gasteiger partial charge in [0.15, 0.2) is 0 Å². The lowest BCUT2D eigenvalue weighted by molar-refractivity contribution is -0.117. The van der Waals surface area contributed by atoms with Crippen LogP contribution in [0.1, 0.15) is 64.4 Å². The van der Waals surface area contributed by atoms with Gasteiger partial charge in [-0.05, 0) is 41.2 Å². The number of rotatable bonds is 11. The van der Waals surface area contributed by atoms with E-state index in [4.69, 9.17) is 9.16 Å². The third kappa shape index (κ3) is 7.10. The van der Waals surface area contributed by atoms with Crippen molar-refractivity contribution < 1.29 is 28.7 Å². The molecule has 36 heavy (non-hydrogen) atoms. The first-order valence-electron chi connectivity index (χ1n) is 12.2. The highest BCUT2D eigenvalue weighted by molar-refractivity contribution is 6.78. The van der Waals surface area contributed by atoms with Crippen LogP contribution >= 0.6 is 0 Å². The number of alkyl carbamates (subject to hydrolysis) is 1. The number of nitrogens with one attached hydrogen (secondary N) is 2. The van der Waals surface area contributed by atoms with E-state index in [9.17, 15) is 19.5 Å². The predicted octanol–water partition coefficient (Wildman–Crippen LogP) is 6.19. The SMILES string of the molecule is CC(NC(=O)OCc1ccccc1)C(=O)Nc1cc(O[Si](C(C)C)(C(C)C)C(C)C)ccc1C(=O)O. The highest BCUT2D eigenvalue weighted by Crippen LogP contribution is 2.43. The number of benzene rings is 2. The average molecular weight is 515 g/mol. The smallest absolute Gasteiger partial charge is 0.408 e. The van der Waals surface area contributed by atoms with Crippen LogP contribution in [-0.2, 0) is 16.1 Å². The van der Waals surface area contributed by atoms with Crippen LogP contribution in [0.3, 0.4) is 0 Å². The topological polar surface area (TPSA) is 114 Å². The predicted molar refractivity (Wildman–Crippen MR) is 143 cm³/mol. The van der Waals surface area contributed by atoms with Crippen molar-refractivity contribution in [2.75, 3.05) is 5.32 Å². The fourth-order valence-electron chi connectivity index (χ4n) is 4.68. The molecule has 2 aromatic carbocycles. The molecule has 0 aliphatic rings. The molecular weight excluding hydrogens is 476 g/mol. The molecule has 0 fully saturated rings. The quantitative estimate of drug-likeness (QED) is 0.308. The van der Waals surface area contributed by atoms with Gasteiger partial charge < -0.3 is 24.9 Å². The van der Waals surface area contributed by atoms with Crippen molar-refractivity contribution in [1.82, 2.24) is 5.32 Å². The summed E-state index contributed by atoms with van der Waals surface area (Å²) in [7, 11) is -2.29. The molecule has 0 aliphatic carbocycles. The maximum Gasteiger partial charge on any atom is 0.408 e. The van der Waals surface area contributed by atoms with E-state index in [1.54, 1.807) is 12.1 Å². The van der Waals surface area contributed by atoms with Crippen molar-refractivity contribution >= 4 is 32.0 Å². The summed E-state index contributed by atoms with van der Waals surface area (Å²) in [5.41, 5.74) is 1.81. The third-order valence-electron chi connectivity index (χ3n) is 6.42. The van der Waals surface area contributed by atoms with Crippen molar-refractivity contribution in [3.05, 3.63) is 59.7 Å². The van der Waals surface area contributed by atoms with Gasteiger partial charge in [-0.25, -0.2) is 9.59 Å². The van der Waals surface area contributed by atoms with E-state index >= 15 is 0 Å². The summed E-state index contributed by atoms with van der Waals surface area (Å²) in [4.78, 5) is 36.8. The van der Waals surface area contributed by atoms with Gasteiger partial charge in [0.25, 0.3) is 8.32 Å². The Labute approximate surface area is 214 Å². The Bertz CT molecular complexity index is 1030. The molecular formula is C27H38N2O6Si. The van der Waals surface area contributed by atoms with Crippen LogP contribution < -0.4 is 15.1 Å². The summed E-state index contributed by atoms with van der Waals surface area (Å²) in [6.07, 6.45) is -0.751. The number of hydrogen-bond acceptors (Lipinski definition) is 5. The zero-order valence-electron chi connectivity index (χ0n) is 22.1. The van der Waals surface area contributed by atoms with Gasteiger partial charge in [-0.15, -0.1) is 0 Å². The molecule has 0 aromatic heterocycles. The molecule has 2 rings (SSSR count). The van der Waals surface area contributed by atoms with E-state index in [0.29, 0.717) is 22.4 Å². The molecule has 0 radical (unpaired) electrons. The van der Waals surface area contributed by atoms with E-state index in [1.165, 1.54) is 13.0 Å². The van der Waals surface area contributed by atoms with Crippen molar-refractivity contribution in [3.8, 4) is 5.75 Å². The third-order valence-corrected chi connectivity index (χ3v) is 12.4. The van der Waals surface area contributed by atoms with Crippen molar-refractivity contribution in [2.45, 2.75) is 77.7 Å². The highest BCUT2D eigenvalue weighted by Gasteiger charge is 2.47. The lowest BCUT2D eigenvalue weighted by Crippen LogP contribution is -2.50. The van der Waals surface area contributed by atoms with Gasteiger partial charge in [-0.1, -0.05) is 71.9 Å². The normalized spacial score (nSPS) is 12.4. The average Bonchev–Trinajstić information content (AvgIpc) is 2.81. The molecule has 0 saturated heterocycles. The molecule has 1 atom stereocenters. The molecule has 0 saturated carbocycles. The minimum Gasteiger partial charge on any atom is -0.543 e. The molecule has 2 aromatic rings. The van der Waals surface area contributed by atoms with E-state index in [1.807, 2.05) is 30.3 Å². The summed E-state index contributed by atoms with van der Waals surface area (Å²) < 4.78 is 11.8. The Morgan fingerprint density at radius 1 is 0.889 bits per heavy atom. The monoisotopic (exact) mass is 514 g/mol. The number of anilines is 1. The van der Waals surface area contributed by atoms with Gasteiger partial charge >= 0.3 is 12.1 Å². The van der Waals surface area contributed by atoms with E-state index in [0.717, 1.165) is 5.56 Å². The van der Waals surface area contributed by atoms with Crippen LogP contribution in [-0.4, -0.2) is 37.4 Å². The van der Waals surface area contributed by atoms with Crippen molar-refractivity contribution in [1.29, 1.82) is 0 Å². The van der Waals surface area contributed by atoms with Gasteiger partial charge in [0.1, 0.15) is 18.4 Å². The Kier molecular flexibility index (Phi) is 10.1. The first-order chi connectivity index (χ1) is 16.9. The molecule has 9 heteroatoms. The second-order valence-electron chi connectivity index (χ2n) is 9.85. The minimum atomic E-state index is -2.29. The standard InChI is InChI=1S/C27H38N2O6Si/c1-17(2)36(18(3)4,19(5)6)35-22-13-14-23(26(31)32)24(15-22)29-25(30)20(7)28-27(33)34-16-21-11-9-8-10-12-21/h8-15,17-20H,16H2,1-7H3,(H,28,33)(H,29,30)(H,31,32). The van der Waals surface area contributed by atoms with Crippen LogP contribution in [0.2, 0.25) is 16.6 Å². The summed E-state index contributed by atoms with van der Waals surface area (Å²) in [6.45, 7) is 14.5. The second kappa shape index (κ2) is 12.6. The van der Waals surface area contributed by atoms with Crippen molar-refractivity contribution in [3.63, 3.8) is 0 Å². The van der Waals surface area contributed by atoms with Gasteiger partial charge in [-0.2, -0.15) is 0 Å². The zero-order valence-corrected chi connectivity index (χ0v) is 23.1. The zero-order chi connectivity index (χ0) is 27.0. The Morgan fingerprint density at radius 2 is 1.47 bits per heavy atom. The molecule has 0 aliphatic heterocycles. The number of amides is 2. The number of hydrogen-bond donors (Lipinski definition) is 3. The fourth-order valence-corrected chi connectivity index (χ4v) is 9.92. The highest BCUT2D eigenvalue weighted by atomic mass is 28.4. The number of carbonyl (C=O) groups is 3. The van der Waals surface area contributed by atoms with Crippen LogP contribution in [0.15, 0.2) is 48.5 Å². The Morgan fingerprint density at radius 3 is 2.00 bits per heavy atom. The number of carboxylic acid groups (broad SMARTS) is 1. The lowest BCUT2D eigenvalue weighted by atomic mass is 10.1. The van der Waals surface area contributed by atoms with Gasteiger partial charge in [0, 0.05) is 6.07 Å². The largest absolute Gasteiger partial charge is 0.543 e. The fraction of sp³-hybridized carbons (Fsp3) is 0.444. The maximum absolute atomic E-state index is 12.8. The summed E-state index contributed by atoms with van der Waals surface area (Å²) >= 11 is 0. The second-order valence-corrected chi connectivity index (χ2v) is 15.2. The molecule has 0 heterocycles. The number of carboxylic acids is 1. The van der Waals surface area contributed by atoms with E-state index in [2.05, 4.69) is 52.2 Å². The first kappa shape index (κ1) is 28.9. The Hall–Kier alpha value is -3.33. The van der Waals surface area contributed by atoms with Gasteiger partial charge in [-0.3, -0.25) is 4.79 Å². The van der Waals surface area contributed by atoms with Gasteiger partial charge in [0.05, 0.1) is 11.3 Å². The summed E-state index contributed by atoms with van der Waals surface area (Å²) in [5, 5.41) is 14.8. The molecule has 0 bridgehead atoms. The van der Waals surface area contributed by atoms with Crippen LogP contribution in [0, 0.1) is 0 Å². The molecule has 0 spiro atoms. The lowest BCUT2D eigenvalue weighted by Gasteiger charge is -2.42. The summed E-state index contributed by atoms with van der Waals surface area (Å²) in [6, 6.07) is 12.8. The number of ether oxygens (including phenoxy) is 1. The first-order valence-corrected chi connectivity index (χ1v) is 14.4. The minimum absolute atomic E-state index is 0.0662. The van der Waals surface area contributed by atoms with Crippen LogP contribution in [0.5, 0.6) is 5.75 Å². The molecule has 1 unspecified atom stereocenters. The Balaban J connectivity index is 2.17. The van der Waals surface area contributed by atoms with E-state index < -0.39 is 32.3 Å². The summed E-state index contributed by atoms with van der Waals surface area (Å²) in [5.74, 6) is -1.24. The molecule has 8 nitrogen and oxygen atoms in total. The number of aromatic carboxylic acids is 1. The number of carbonyl (C=O) groups excluding carboxylic acids is 2. The van der Waals surface area contributed by atoms with Crippen molar-refractivity contribution in [2.24, 2.45) is 0 Å². The molecule has 2 amide bonds. The molecule has 3 N–H and O–H groups in total. The van der Waals surface area contributed by atoms with Crippen LogP contribution in [0.4, 0.5) is 10.5 Å². The molecule has 196 valence electrons. The van der Waals surface area contributed by atoms with E-state index in [-0.39, 0.29) is 17.9 Å².